The molecule has 0 aromatic carbocycles. The van der Waals surface area contributed by atoms with Crippen LogP contribution in [0.25, 0.3) is 0 Å². The van der Waals surface area contributed by atoms with Gasteiger partial charge in [-0.15, -0.1) is 0 Å². The van der Waals surface area contributed by atoms with Gasteiger partial charge in [-0.2, -0.15) is 0 Å². The van der Waals surface area contributed by atoms with E-state index in [1.54, 1.807) is 0 Å². The second-order valence-electron chi connectivity index (χ2n) is 4.93. The maximum atomic E-state index is 5.56. The van der Waals surface area contributed by atoms with E-state index in [0.29, 0.717) is 6.61 Å². The summed E-state index contributed by atoms with van der Waals surface area (Å²) in [6.07, 6.45) is 1.35. The van der Waals surface area contributed by atoms with Gasteiger partial charge in [-0.1, -0.05) is 6.92 Å². The van der Waals surface area contributed by atoms with Crippen molar-refractivity contribution in [1.29, 1.82) is 0 Å². The smallest absolute Gasteiger partial charge is 0.134 e. The SMILES string of the molecule is CCCNc1cc(N(C)CCOC(C)C)nc(C)n1. The molecule has 0 amide bonds. The van der Waals surface area contributed by atoms with E-state index in [9.17, 15) is 0 Å². The Balaban J connectivity index is 2.62. The monoisotopic (exact) mass is 266 g/mol. The van der Waals surface area contributed by atoms with Crippen LogP contribution in [0.2, 0.25) is 0 Å². The van der Waals surface area contributed by atoms with Gasteiger partial charge in [-0.25, -0.2) is 9.97 Å². The lowest BCUT2D eigenvalue weighted by molar-refractivity contribution is 0.0845. The van der Waals surface area contributed by atoms with Gasteiger partial charge in [0.2, 0.25) is 0 Å². The molecule has 0 bridgehead atoms. The molecule has 108 valence electrons. The average Bonchev–Trinajstić information content (AvgIpc) is 2.35. The van der Waals surface area contributed by atoms with Gasteiger partial charge in [-0.05, 0) is 27.2 Å². The third-order valence-electron chi connectivity index (χ3n) is 2.65. The Morgan fingerprint density at radius 3 is 2.74 bits per heavy atom. The van der Waals surface area contributed by atoms with Crippen LogP contribution in [0.5, 0.6) is 0 Å². The molecular weight excluding hydrogens is 240 g/mol. The Bertz CT molecular complexity index is 382. The molecule has 0 spiro atoms. The molecule has 0 aliphatic heterocycles. The van der Waals surface area contributed by atoms with Crippen LogP contribution in [-0.2, 0) is 4.74 Å². The van der Waals surface area contributed by atoms with Crippen molar-refractivity contribution in [3.63, 3.8) is 0 Å². The first-order valence-electron chi connectivity index (χ1n) is 6.95. The van der Waals surface area contributed by atoms with Crippen LogP contribution < -0.4 is 10.2 Å². The zero-order chi connectivity index (χ0) is 14.3. The largest absolute Gasteiger partial charge is 0.377 e. The van der Waals surface area contributed by atoms with Crippen molar-refractivity contribution in [2.75, 3.05) is 37.0 Å². The van der Waals surface area contributed by atoms with Gasteiger partial charge in [0.05, 0.1) is 12.7 Å². The number of rotatable bonds is 8. The van der Waals surface area contributed by atoms with Crippen molar-refractivity contribution in [3.8, 4) is 0 Å². The third-order valence-corrected chi connectivity index (χ3v) is 2.65. The molecule has 5 heteroatoms. The van der Waals surface area contributed by atoms with E-state index in [1.807, 2.05) is 33.9 Å². The molecular formula is C14H26N4O. The number of nitrogens with one attached hydrogen (secondary N) is 1. The molecule has 0 saturated heterocycles. The summed E-state index contributed by atoms with van der Waals surface area (Å²) in [5.41, 5.74) is 0. The third kappa shape index (κ3) is 5.87. The predicted octanol–water partition coefficient (Wildman–Crippen LogP) is 2.47. The van der Waals surface area contributed by atoms with Crippen LogP contribution in [0, 0.1) is 6.92 Å². The molecule has 1 rings (SSSR count). The summed E-state index contributed by atoms with van der Waals surface area (Å²) in [4.78, 5) is 10.9. The predicted molar refractivity (Wildman–Crippen MR) is 79.9 cm³/mol. The second-order valence-corrected chi connectivity index (χ2v) is 4.93. The molecule has 5 nitrogen and oxygen atoms in total. The molecule has 0 atom stereocenters. The maximum Gasteiger partial charge on any atom is 0.134 e. The van der Waals surface area contributed by atoms with Gasteiger partial charge >= 0.3 is 0 Å². The molecule has 1 aromatic heterocycles. The molecule has 0 fully saturated rings. The minimum Gasteiger partial charge on any atom is -0.377 e. The van der Waals surface area contributed by atoms with Crippen LogP contribution in [0.4, 0.5) is 11.6 Å². The summed E-state index contributed by atoms with van der Waals surface area (Å²) in [7, 11) is 2.02. The molecule has 0 radical (unpaired) electrons. The highest BCUT2D eigenvalue weighted by Gasteiger charge is 2.06. The van der Waals surface area contributed by atoms with Gasteiger partial charge in [0.1, 0.15) is 17.5 Å². The Morgan fingerprint density at radius 2 is 2.11 bits per heavy atom. The zero-order valence-electron chi connectivity index (χ0n) is 12.7. The zero-order valence-corrected chi connectivity index (χ0v) is 12.7. The van der Waals surface area contributed by atoms with Gasteiger partial charge in [0, 0.05) is 26.2 Å². The van der Waals surface area contributed by atoms with Crippen molar-refractivity contribution in [2.24, 2.45) is 0 Å². The van der Waals surface area contributed by atoms with E-state index < -0.39 is 0 Å². The topological polar surface area (TPSA) is 50.3 Å². The number of anilines is 2. The van der Waals surface area contributed by atoms with Gasteiger partial charge in [-0.3, -0.25) is 0 Å². The first-order valence-corrected chi connectivity index (χ1v) is 6.95. The summed E-state index contributed by atoms with van der Waals surface area (Å²) in [6.45, 7) is 10.6. The summed E-state index contributed by atoms with van der Waals surface area (Å²) < 4.78 is 5.56. The normalized spacial score (nSPS) is 10.8. The Morgan fingerprint density at radius 1 is 1.37 bits per heavy atom. The molecule has 1 N–H and O–H groups in total. The van der Waals surface area contributed by atoms with Crippen LogP contribution in [0.1, 0.15) is 33.0 Å². The maximum absolute atomic E-state index is 5.56. The van der Waals surface area contributed by atoms with E-state index in [1.165, 1.54) is 0 Å². The lowest BCUT2D eigenvalue weighted by Gasteiger charge is -2.20. The average molecular weight is 266 g/mol. The van der Waals surface area contributed by atoms with Gasteiger partial charge < -0.3 is 15.0 Å². The minimum absolute atomic E-state index is 0.266. The van der Waals surface area contributed by atoms with E-state index in [2.05, 4.69) is 27.1 Å². The van der Waals surface area contributed by atoms with Crippen molar-refractivity contribution in [3.05, 3.63) is 11.9 Å². The fourth-order valence-electron chi connectivity index (χ4n) is 1.63. The molecule has 0 aliphatic rings. The Labute approximate surface area is 116 Å². The van der Waals surface area contributed by atoms with Crippen LogP contribution in [0.15, 0.2) is 6.07 Å². The van der Waals surface area contributed by atoms with E-state index in [4.69, 9.17) is 4.74 Å². The number of nitrogens with zero attached hydrogens (tertiary/aromatic N) is 3. The van der Waals surface area contributed by atoms with Gasteiger partial charge in [0.15, 0.2) is 0 Å². The number of hydrogen-bond donors (Lipinski definition) is 1. The molecule has 0 unspecified atom stereocenters. The van der Waals surface area contributed by atoms with Crippen LogP contribution in [0.3, 0.4) is 0 Å². The fourth-order valence-corrected chi connectivity index (χ4v) is 1.63. The molecule has 19 heavy (non-hydrogen) atoms. The first-order chi connectivity index (χ1) is 9.02. The Kier molecular flexibility index (Phi) is 6.56. The number of ether oxygens (including phenoxy) is 1. The molecule has 1 heterocycles. The lowest BCUT2D eigenvalue weighted by Crippen LogP contribution is -2.25. The first kappa shape index (κ1) is 15.7. The molecule has 0 aliphatic carbocycles. The molecule has 1 aromatic rings. The summed E-state index contributed by atoms with van der Waals surface area (Å²) in [5, 5.41) is 3.30. The van der Waals surface area contributed by atoms with Crippen molar-refractivity contribution >= 4 is 11.6 Å². The van der Waals surface area contributed by atoms with Crippen molar-refractivity contribution in [2.45, 2.75) is 40.2 Å². The summed E-state index contributed by atoms with van der Waals surface area (Å²) in [6, 6.07) is 1.98. The number of likely N-dealkylation sites (N-methyl/N-ethyl adjacent to an activating group) is 1. The second kappa shape index (κ2) is 7.94. The number of hydrogen-bond acceptors (Lipinski definition) is 5. The Hall–Kier alpha value is -1.36. The highest BCUT2D eigenvalue weighted by molar-refractivity contribution is 5.48. The summed E-state index contributed by atoms with van der Waals surface area (Å²) >= 11 is 0. The summed E-state index contributed by atoms with van der Waals surface area (Å²) in [5.74, 6) is 2.60. The van der Waals surface area contributed by atoms with E-state index in [-0.39, 0.29) is 6.10 Å². The van der Waals surface area contributed by atoms with Crippen LogP contribution >= 0.6 is 0 Å². The van der Waals surface area contributed by atoms with E-state index >= 15 is 0 Å². The van der Waals surface area contributed by atoms with Crippen LogP contribution in [-0.4, -0.2) is 42.8 Å². The van der Waals surface area contributed by atoms with Gasteiger partial charge in [0.25, 0.3) is 0 Å². The van der Waals surface area contributed by atoms with Crippen molar-refractivity contribution in [1.82, 2.24) is 9.97 Å². The highest BCUT2D eigenvalue weighted by atomic mass is 16.5. The number of aromatic nitrogens is 2. The fraction of sp³-hybridized carbons (Fsp3) is 0.714. The molecule has 0 saturated carbocycles. The number of aryl methyl sites for hydroxylation is 1. The van der Waals surface area contributed by atoms with Crippen molar-refractivity contribution < 1.29 is 4.74 Å². The minimum atomic E-state index is 0.266. The lowest BCUT2D eigenvalue weighted by atomic mass is 10.4. The quantitative estimate of drug-likeness (QED) is 0.783. The standard InChI is InChI=1S/C14H26N4O/c1-6-7-15-13-10-14(17-12(4)16-13)18(5)8-9-19-11(2)3/h10-11H,6-9H2,1-5H3,(H,15,16,17). The highest BCUT2D eigenvalue weighted by Crippen LogP contribution is 2.14. The van der Waals surface area contributed by atoms with E-state index in [0.717, 1.165) is 37.0 Å².